The first-order chi connectivity index (χ1) is 9.89. The third-order valence-electron chi connectivity index (χ3n) is 4.16. The van der Waals surface area contributed by atoms with Crippen LogP contribution < -0.4 is 5.32 Å². The average Bonchev–Trinajstić information content (AvgIpc) is 2.88. The van der Waals surface area contributed by atoms with Gasteiger partial charge in [-0.2, -0.15) is 5.10 Å². The van der Waals surface area contributed by atoms with Gasteiger partial charge in [-0.25, -0.2) is 4.79 Å². The zero-order valence-corrected chi connectivity index (χ0v) is 12.6. The third-order valence-corrected chi connectivity index (χ3v) is 4.16. The van der Waals surface area contributed by atoms with E-state index in [1.807, 2.05) is 0 Å². The minimum atomic E-state index is -1.13. The number of anilines is 1. The molecule has 2 rings (SSSR count). The first-order valence-corrected chi connectivity index (χ1v) is 7.48. The Balaban J connectivity index is 1.92. The quantitative estimate of drug-likeness (QED) is 0.874. The molecule has 0 atom stereocenters. The minimum absolute atomic E-state index is 0.0189. The molecule has 1 fully saturated rings. The van der Waals surface area contributed by atoms with Crippen LogP contribution in [0.15, 0.2) is 12.4 Å². The normalized spacial score (nSPS) is 16.7. The Labute approximate surface area is 124 Å². The lowest BCUT2D eigenvalue weighted by atomic mass is 9.87. The van der Waals surface area contributed by atoms with Crippen molar-refractivity contribution in [2.75, 3.05) is 5.32 Å². The largest absolute Gasteiger partial charge is 0.479 e. The van der Waals surface area contributed by atoms with E-state index < -0.39 is 11.5 Å². The van der Waals surface area contributed by atoms with Crippen LogP contribution in [0.5, 0.6) is 0 Å². The van der Waals surface area contributed by atoms with E-state index >= 15 is 0 Å². The second-order valence-electron chi connectivity index (χ2n) is 6.29. The first-order valence-electron chi connectivity index (χ1n) is 7.48. The molecule has 0 bridgehead atoms. The number of aromatic nitrogens is 2. The number of hydrogen-bond donors (Lipinski definition) is 2. The molecular weight excluding hydrogens is 270 g/mol. The van der Waals surface area contributed by atoms with E-state index in [1.165, 1.54) is 30.1 Å². The number of carboxylic acid groups (broad SMARTS) is 1. The van der Waals surface area contributed by atoms with Gasteiger partial charge in [0.2, 0.25) is 5.91 Å². The fourth-order valence-corrected chi connectivity index (χ4v) is 2.66. The molecule has 2 N–H and O–H groups in total. The Hall–Kier alpha value is -1.85. The van der Waals surface area contributed by atoms with Crippen molar-refractivity contribution in [2.45, 2.75) is 57.9 Å². The van der Waals surface area contributed by atoms with Crippen molar-refractivity contribution in [3.8, 4) is 0 Å². The number of carbonyl (C=O) groups is 2. The van der Waals surface area contributed by atoms with Crippen molar-refractivity contribution in [2.24, 2.45) is 5.92 Å². The van der Waals surface area contributed by atoms with E-state index in [0.717, 1.165) is 12.8 Å². The number of nitrogens with zero attached hydrogens (tertiary/aromatic N) is 2. The lowest BCUT2D eigenvalue weighted by Crippen LogP contribution is -2.35. The van der Waals surface area contributed by atoms with Gasteiger partial charge < -0.3 is 10.4 Å². The molecule has 1 aliphatic rings. The van der Waals surface area contributed by atoms with E-state index in [0.29, 0.717) is 18.0 Å². The van der Waals surface area contributed by atoms with Gasteiger partial charge in [-0.15, -0.1) is 0 Å². The zero-order valence-electron chi connectivity index (χ0n) is 12.6. The molecular formula is C15H23N3O3. The lowest BCUT2D eigenvalue weighted by Gasteiger charge is -2.20. The highest BCUT2D eigenvalue weighted by molar-refractivity contribution is 5.90. The monoisotopic (exact) mass is 293 g/mol. The number of carbonyl (C=O) groups excluding carboxylic acids is 1. The highest BCUT2D eigenvalue weighted by Crippen LogP contribution is 2.26. The Kier molecular flexibility index (Phi) is 4.65. The fraction of sp³-hybridized carbons (Fsp3) is 0.667. The maximum atomic E-state index is 12.0. The third kappa shape index (κ3) is 3.83. The topological polar surface area (TPSA) is 84.2 Å². The van der Waals surface area contributed by atoms with E-state index in [4.69, 9.17) is 5.11 Å². The van der Waals surface area contributed by atoms with Gasteiger partial charge in [0.15, 0.2) is 5.54 Å². The van der Waals surface area contributed by atoms with E-state index in [1.54, 1.807) is 20.0 Å². The second kappa shape index (κ2) is 6.28. The summed E-state index contributed by atoms with van der Waals surface area (Å²) in [5, 5.41) is 16.0. The van der Waals surface area contributed by atoms with Crippen LogP contribution >= 0.6 is 0 Å². The van der Waals surface area contributed by atoms with Crippen LogP contribution in [-0.4, -0.2) is 26.8 Å². The summed E-state index contributed by atoms with van der Waals surface area (Å²) in [5.41, 5.74) is -0.586. The number of rotatable bonds is 5. The number of aliphatic carboxylic acids is 1. The molecule has 1 heterocycles. The summed E-state index contributed by atoms with van der Waals surface area (Å²) in [6.07, 6.45) is 9.53. The van der Waals surface area contributed by atoms with Crippen molar-refractivity contribution in [3.05, 3.63) is 12.4 Å². The van der Waals surface area contributed by atoms with E-state index in [2.05, 4.69) is 10.4 Å². The molecule has 116 valence electrons. The summed E-state index contributed by atoms with van der Waals surface area (Å²) >= 11 is 0. The van der Waals surface area contributed by atoms with E-state index in [-0.39, 0.29) is 5.91 Å². The van der Waals surface area contributed by atoms with Crippen LogP contribution in [0.25, 0.3) is 0 Å². The maximum Gasteiger partial charge on any atom is 0.331 e. The van der Waals surface area contributed by atoms with Crippen molar-refractivity contribution < 1.29 is 14.7 Å². The predicted molar refractivity (Wildman–Crippen MR) is 79.0 cm³/mol. The standard InChI is InChI=1S/C15H23N3O3/c1-15(2,14(20)21)18-10-12(9-16-18)17-13(19)8-11-6-4-3-5-7-11/h9-11H,3-8H2,1-2H3,(H,17,19)(H,20,21). The minimum Gasteiger partial charge on any atom is -0.479 e. The van der Waals surface area contributed by atoms with Gasteiger partial charge in [0.05, 0.1) is 11.9 Å². The molecule has 6 nitrogen and oxygen atoms in total. The van der Waals surface area contributed by atoms with Crippen LogP contribution in [0, 0.1) is 5.92 Å². The number of amides is 1. The van der Waals surface area contributed by atoms with Gasteiger partial charge in [-0.05, 0) is 32.6 Å². The van der Waals surface area contributed by atoms with Gasteiger partial charge >= 0.3 is 5.97 Å². The predicted octanol–water partition coefficient (Wildman–Crippen LogP) is 2.61. The summed E-state index contributed by atoms with van der Waals surface area (Å²) in [6.45, 7) is 3.13. The molecule has 0 radical (unpaired) electrons. The highest BCUT2D eigenvalue weighted by atomic mass is 16.4. The smallest absolute Gasteiger partial charge is 0.331 e. The van der Waals surface area contributed by atoms with Crippen molar-refractivity contribution in [1.29, 1.82) is 0 Å². The summed E-state index contributed by atoms with van der Waals surface area (Å²) in [4.78, 5) is 23.2. The Morgan fingerprint density at radius 2 is 2.05 bits per heavy atom. The molecule has 0 aromatic carbocycles. The molecule has 1 aromatic heterocycles. The average molecular weight is 293 g/mol. The lowest BCUT2D eigenvalue weighted by molar-refractivity contribution is -0.146. The second-order valence-corrected chi connectivity index (χ2v) is 6.29. The molecule has 21 heavy (non-hydrogen) atoms. The summed E-state index contributed by atoms with van der Waals surface area (Å²) in [7, 11) is 0. The van der Waals surface area contributed by atoms with Crippen molar-refractivity contribution in [1.82, 2.24) is 9.78 Å². The van der Waals surface area contributed by atoms with Crippen molar-refractivity contribution >= 4 is 17.6 Å². The maximum absolute atomic E-state index is 12.0. The number of hydrogen-bond acceptors (Lipinski definition) is 3. The first kappa shape index (κ1) is 15.5. The number of carboxylic acids is 1. The van der Waals surface area contributed by atoms with Crippen LogP contribution in [0.3, 0.4) is 0 Å². The van der Waals surface area contributed by atoms with Gasteiger partial charge in [0.25, 0.3) is 0 Å². The molecule has 0 aliphatic heterocycles. The molecule has 1 aliphatic carbocycles. The molecule has 0 saturated heterocycles. The Morgan fingerprint density at radius 1 is 1.38 bits per heavy atom. The highest BCUT2D eigenvalue weighted by Gasteiger charge is 2.30. The molecule has 1 saturated carbocycles. The van der Waals surface area contributed by atoms with Crippen LogP contribution in [0.1, 0.15) is 52.4 Å². The van der Waals surface area contributed by atoms with E-state index in [9.17, 15) is 9.59 Å². The van der Waals surface area contributed by atoms with Crippen molar-refractivity contribution in [3.63, 3.8) is 0 Å². The van der Waals surface area contributed by atoms with Crippen LogP contribution in [-0.2, 0) is 15.1 Å². The van der Waals surface area contributed by atoms with Gasteiger partial charge in [0.1, 0.15) is 0 Å². The van der Waals surface area contributed by atoms with Gasteiger partial charge in [-0.1, -0.05) is 19.3 Å². The summed E-state index contributed by atoms with van der Waals surface area (Å²) in [6, 6.07) is 0. The summed E-state index contributed by atoms with van der Waals surface area (Å²) < 4.78 is 1.35. The molecule has 1 amide bonds. The molecule has 6 heteroatoms. The molecule has 0 unspecified atom stereocenters. The zero-order chi connectivity index (χ0) is 15.5. The van der Waals surface area contributed by atoms with Gasteiger partial charge in [-0.3, -0.25) is 9.48 Å². The van der Waals surface area contributed by atoms with Crippen LogP contribution in [0.4, 0.5) is 5.69 Å². The molecule has 0 spiro atoms. The Morgan fingerprint density at radius 3 is 2.67 bits per heavy atom. The fourth-order valence-electron chi connectivity index (χ4n) is 2.66. The number of nitrogens with one attached hydrogen (secondary N) is 1. The summed E-state index contributed by atoms with van der Waals surface area (Å²) in [5.74, 6) is -0.510. The Bertz CT molecular complexity index is 516. The SMILES string of the molecule is CC(C)(C(=O)O)n1cc(NC(=O)CC2CCCCC2)cn1. The van der Waals surface area contributed by atoms with Crippen LogP contribution in [0.2, 0.25) is 0 Å². The van der Waals surface area contributed by atoms with Gasteiger partial charge in [0, 0.05) is 12.6 Å². The molecule has 1 aromatic rings.